The Morgan fingerprint density at radius 1 is 1.08 bits per heavy atom. The average Bonchev–Trinajstić information content (AvgIpc) is 3.68. The number of nitriles is 1. The van der Waals surface area contributed by atoms with E-state index in [4.69, 9.17) is 10.5 Å². The SMILES string of the molecule is N#CC(=CC1CC1)C(=O)N1CC(Cn2c(=O)n(-c3ccc(Oc4ccccc4)cc3)c3c(N)ncnc32)C1. The third-order valence-corrected chi connectivity index (χ3v) is 6.87. The zero-order valence-corrected chi connectivity index (χ0v) is 20.5. The summed E-state index contributed by atoms with van der Waals surface area (Å²) in [6.45, 7) is 1.30. The summed E-state index contributed by atoms with van der Waals surface area (Å²) in [5.74, 6) is 1.70. The second-order valence-electron chi connectivity index (χ2n) is 9.67. The molecule has 1 aliphatic heterocycles. The van der Waals surface area contributed by atoms with E-state index in [1.165, 1.54) is 10.9 Å². The van der Waals surface area contributed by atoms with Crippen LogP contribution in [-0.2, 0) is 11.3 Å². The number of nitrogens with two attached hydrogens (primary N) is 1. The predicted molar refractivity (Wildman–Crippen MR) is 141 cm³/mol. The molecular weight excluding hydrogens is 482 g/mol. The molecule has 190 valence electrons. The minimum absolute atomic E-state index is 0.0504. The molecule has 0 atom stereocenters. The van der Waals surface area contributed by atoms with Crippen molar-refractivity contribution in [3.63, 3.8) is 0 Å². The van der Waals surface area contributed by atoms with Crippen LogP contribution in [0.25, 0.3) is 16.9 Å². The number of allylic oxidation sites excluding steroid dienone is 1. The monoisotopic (exact) mass is 507 g/mol. The number of nitrogen functional groups attached to an aromatic ring is 1. The van der Waals surface area contributed by atoms with Crippen LogP contribution in [0.1, 0.15) is 12.8 Å². The second kappa shape index (κ2) is 9.52. The number of ether oxygens (including phenoxy) is 1. The van der Waals surface area contributed by atoms with Crippen molar-refractivity contribution < 1.29 is 9.53 Å². The summed E-state index contributed by atoms with van der Waals surface area (Å²) in [5.41, 5.74) is 7.59. The van der Waals surface area contributed by atoms with Gasteiger partial charge in [-0.2, -0.15) is 5.26 Å². The number of amides is 1. The van der Waals surface area contributed by atoms with Crippen molar-refractivity contribution in [1.29, 1.82) is 5.26 Å². The van der Waals surface area contributed by atoms with E-state index in [2.05, 4.69) is 9.97 Å². The van der Waals surface area contributed by atoms with Gasteiger partial charge in [-0.05, 0) is 55.2 Å². The molecule has 2 aliphatic rings. The van der Waals surface area contributed by atoms with Crippen LogP contribution in [0.3, 0.4) is 0 Å². The number of fused-ring (bicyclic) bond motifs is 1. The topological polar surface area (TPSA) is 132 Å². The minimum atomic E-state index is -0.292. The van der Waals surface area contributed by atoms with E-state index >= 15 is 0 Å². The number of carbonyl (C=O) groups is 1. The van der Waals surface area contributed by atoms with E-state index in [0.717, 1.165) is 12.8 Å². The zero-order chi connectivity index (χ0) is 26.2. The molecule has 4 aromatic rings. The molecule has 1 saturated heterocycles. The molecule has 1 aliphatic carbocycles. The van der Waals surface area contributed by atoms with E-state index in [0.29, 0.717) is 53.9 Å². The Labute approximate surface area is 218 Å². The summed E-state index contributed by atoms with van der Waals surface area (Å²) in [6, 6.07) is 18.6. The Kier molecular flexibility index (Phi) is 5.88. The highest BCUT2D eigenvalue weighted by atomic mass is 16.5. The molecule has 38 heavy (non-hydrogen) atoms. The van der Waals surface area contributed by atoms with Crippen LogP contribution >= 0.6 is 0 Å². The van der Waals surface area contributed by atoms with Gasteiger partial charge in [0.05, 0.1) is 5.69 Å². The number of hydrogen-bond acceptors (Lipinski definition) is 7. The molecule has 10 nitrogen and oxygen atoms in total. The molecule has 0 spiro atoms. The molecule has 2 fully saturated rings. The third-order valence-electron chi connectivity index (χ3n) is 6.87. The zero-order valence-electron chi connectivity index (χ0n) is 20.5. The summed E-state index contributed by atoms with van der Waals surface area (Å²) in [6.07, 6.45) is 5.18. The lowest BCUT2D eigenvalue weighted by molar-refractivity contribution is -0.133. The third kappa shape index (κ3) is 4.39. The van der Waals surface area contributed by atoms with Crippen molar-refractivity contribution in [3.05, 3.63) is 83.1 Å². The van der Waals surface area contributed by atoms with Gasteiger partial charge < -0.3 is 15.4 Å². The van der Waals surface area contributed by atoms with Crippen molar-refractivity contribution in [3.8, 4) is 23.3 Å². The maximum Gasteiger partial charge on any atom is 0.335 e. The van der Waals surface area contributed by atoms with Gasteiger partial charge in [0.15, 0.2) is 11.5 Å². The molecule has 2 aromatic carbocycles. The van der Waals surface area contributed by atoms with Crippen LogP contribution in [0, 0.1) is 23.2 Å². The Morgan fingerprint density at radius 3 is 2.47 bits per heavy atom. The van der Waals surface area contributed by atoms with Crippen molar-refractivity contribution in [2.45, 2.75) is 19.4 Å². The van der Waals surface area contributed by atoms with Gasteiger partial charge in [-0.1, -0.05) is 24.3 Å². The quantitative estimate of drug-likeness (QED) is 0.300. The predicted octanol–water partition coefficient (Wildman–Crippen LogP) is 3.28. The number of imidazole rings is 1. The Morgan fingerprint density at radius 2 is 1.79 bits per heavy atom. The standard InChI is InChI=1S/C28H25N7O3/c29-13-20(12-18-6-7-18)27(36)33-14-19(15-33)16-34-26-24(25(30)31-17-32-26)35(28(34)37)21-8-10-23(11-9-21)38-22-4-2-1-3-5-22/h1-5,8-12,17-19H,6-7,14-16H2,(H2,30,31,32). The van der Waals surface area contributed by atoms with Gasteiger partial charge >= 0.3 is 5.69 Å². The summed E-state index contributed by atoms with van der Waals surface area (Å²) < 4.78 is 8.96. The Hall–Kier alpha value is -4.91. The number of hydrogen-bond donors (Lipinski definition) is 1. The van der Waals surface area contributed by atoms with E-state index < -0.39 is 0 Å². The molecule has 0 bridgehead atoms. The van der Waals surface area contributed by atoms with Gasteiger partial charge in [0.2, 0.25) is 0 Å². The second-order valence-corrected chi connectivity index (χ2v) is 9.67. The lowest BCUT2D eigenvalue weighted by atomic mass is 9.98. The summed E-state index contributed by atoms with van der Waals surface area (Å²) >= 11 is 0. The molecule has 0 unspecified atom stereocenters. The number of anilines is 1. The van der Waals surface area contributed by atoms with Crippen molar-refractivity contribution >= 4 is 22.9 Å². The largest absolute Gasteiger partial charge is 0.457 e. The van der Waals surface area contributed by atoms with Crippen molar-refractivity contribution in [2.24, 2.45) is 11.8 Å². The molecule has 2 aromatic heterocycles. The lowest BCUT2D eigenvalue weighted by Gasteiger charge is -2.39. The smallest absolute Gasteiger partial charge is 0.335 e. The van der Waals surface area contributed by atoms with Crippen LogP contribution in [0.15, 0.2) is 77.4 Å². The fourth-order valence-corrected chi connectivity index (χ4v) is 4.73. The Balaban J connectivity index is 1.24. The molecule has 3 heterocycles. The van der Waals surface area contributed by atoms with Gasteiger partial charge in [-0.15, -0.1) is 0 Å². The normalized spacial score (nSPS) is 15.8. The fraction of sp³-hybridized carbons (Fsp3) is 0.250. The highest BCUT2D eigenvalue weighted by Gasteiger charge is 2.34. The summed E-state index contributed by atoms with van der Waals surface area (Å²) in [4.78, 5) is 36.4. The number of likely N-dealkylation sites (tertiary alicyclic amines) is 1. The lowest BCUT2D eigenvalue weighted by Crippen LogP contribution is -2.52. The summed E-state index contributed by atoms with van der Waals surface area (Å²) in [7, 11) is 0. The first kappa shape index (κ1) is 23.5. The van der Waals surface area contributed by atoms with Crippen molar-refractivity contribution in [2.75, 3.05) is 18.8 Å². The Bertz CT molecular complexity index is 1640. The van der Waals surface area contributed by atoms with E-state index in [1.54, 1.807) is 39.8 Å². The number of para-hydroxylation sites is 1. The molecule has 1 amide bonds. The van der Waals surface area contributed by atoms with Crippen LogP contribution in [0.5, 0.6) is 11.5 Å². The highest BCUT2D eigenvalue weighted by Crippen LogP contribution is 2.32. The van der Waals surface area contributed by atoms with Gasteiger partial charge in [-0.3, -0.25) is 13.9 Å². The van der Waals surface area contributed by atoms with Gasteiger partial charge in [0.1, 0.15) is 35.0 Å². The van der Waals surface area contributed by atoms with E-state index in [-0.39, 0.29) is 28.9 Å². The molecule has 1 saturated carbocycles. The van der Waals surface area contributed by atoms with Crippen LogP contribution in [-0.4, -0.2) is 43.0 Å². The number of rotatable bonds is 7. The molecule has 6 rings (SSSR count). The van der Waals surface area contributed by atoms with Gasteiger partial charge in [0, 0.05) is 25.6 Å². The first-order chi connectivity index (χ1) is 18.5. The van der Waals surface area contributed by atoms with Gasteiger partial charge in [0.25, 0.3) is 5.91 Å². The maximum atomic E-state index is 13.6. The minimum Gasteiger partial charge on any atom is -0.457 e. The van der Waals surface area contributed by atoms with E-state index in [1.807, 2.05) is 36.4 Å². The average molecular weight is 508 g/mol. The fourth-order valence-electron chi connectivity index (χ4n) is 4.73. The maximum absolute atomic E-state index is 13.6. The highest BCUT2D eigenvalue weighted by molar-refractivity contribution is 5.97. The number of nitrogens with zero attached hydrogens (tertiary/aromatic N) is 6. The number of carbonyl (C=O) groups excluding carboxylic acids is 1. The van der Waals surface area contributed by atoms with Crippen molar-refractivity contribution in [1.82, 2.24) is 24.0 Å². The first-order valence-corrected chi connectivity index (χ1v) is 12.5. The molecular formula is C28H25N7O3. The van der Waals surface area contributed by atoms with Gasteiger partial charge in [-0.25, -0.2) is 14.8 Å². The van der Waals surface area contributed by atoms with Crippen LogP contribution in [0.4, 0.5) is 5.82 Å². The van der Waals surface area contributed by atoms with Crippen LogP contribution in [0.2, 0.25) is 0 Å². The number of aromatic nitrogens is 4. The number of benzene rings is 2. The molecule has 10 heteroatoms. The molecule has 0 radical (unpaired) electrons. The van der Waals surface area contributed by atoms with E-state index in [9.17, 15) is 14.9 Å². The summed E-state index contributed by atoms with van der Waals surface area (Å²) in [5, 5.41) is 9.38. The molecule has 2 N–H and O–H groups in total. The van der Waals surface area contributed by atoms with Crippen LogP contribution < -0.4 is 16.2 Å². The first-order valence-electron chi connectivity index (χ1n) is 12.5.